The summed E-state index contributed by atoms with van der Waals surface area (Å²) in [6.07, 6.45) is 2.64. The Morgan fingerprint density at radius 1 is 1.19 bits per heavy atom. The number of benzene rings is 1. The molecule has 3 rings (SSSR count). The first-order valence-corrected chi connectivity index (χ1v) is 11.0. The number of hydrogen-bond acceptors (Lipinski definition) is 3. The highest BCUT2D eigenvalue weighted by atomic mass is 35.5. The second-order valence-electron chi connectivity index (χ2n) is 9.06. The average Bonchev–Trinajstić information content (AvgIpc) is 3.14. The van der Waals surface area contributed by atoms with Gasteiger partial charge in [-0.1, -0.05) is 11.6 Å². The second kappa shape index (κ2) is 9.27. The fourth-order valence-corrected chi connectivity index (χ4v) is 5.00. The van der Waals surface area contributed by atoms with E-state index in [2.05, 4.69) is 10.6 Å². The summed E-state index contributed by atoms with van der Waals surface area (Å²) < 4.78 is 44.0. The summed E-state index contributed by atoms with van der Waals surface area (Å²) >= 11 is 5.84. The van der Waals surface area contributed by atoms with Crippen molar-refractivity contribution < 1.29 is 27.9 Å². The Balaban J connectivity index is 1.86. The molecule has 0 aliphatic heterocycles. The first-order chi connectivity index (χ1) is 14.5. The van der Waals surface area contributed by atoms with Gasteiger partial charge in [-0.2, -0.15) is 0 Å². The minimum atomic E-state index is -1.37. The predicted molar refractivity (Wildman–Crippen MR) is 110 cm³/mol. The molecule has 2 aliphatic rings. The smallest absolute Gasteiger partial charge is 0.223 e. The van der Waals surface area contributed by atoms with Crippen LogP contribution in [0.3, 0.4) is 0 Å². The first kappa shape index (κ1) is 23.7. The van der Waals surface area contributed by atoms with Crippen molar-refractivity contribution in [2.45, 2.75) is 76.5 Å². The Morgan fingerprint density at radius 2 is 1.84 bits per heavy atom. The molecule has 2 aliphatic carbocycles. The van der Waals surface area contributed by atoms with Crippen LogP contribution in [0.15, 0.2) is 6.07 Å². The molecule has 0 heterocycles. The Morgan fingerprint density at radius 3 is 2.45 bits per heavy atom. The molecule has 2 fully saturated rings. The fraction of sp³-hybridized carbons (Fsp3) is 0.636. The first-order valence-electron chi connectivity index (χ1n) is 10.6. The number of halogens is 4. The summed E-state index contributed by atoms with van der Waals surface area (Å²) in [6, 6.07) is -0.436. The van der Waals surface area contributed by atoms with E-state index in [-0.39, 0.29) is 30.7 Å². The van der Waals surface area contributed by atoms with E-state index in [1.54, 1.807) is 0 Å². The van der Waals surface area contributed by atoms with Gasteiger partial charge in [0.25, 0.3) is 0 Å². The topological polar surface area (TPSA) is 78.4 Å². The van der Waals surface area contributed by atoms with E-state index in [4.69, 9.17) is 11.6 Å². The second-order valence-corrected chi connectivity index (χ2v) is 9.47. The standard InChI is InChI=1S/C22H28ClF3N2O3/c1-11(29)27-14-4-3-13(9-14)21(31)28-20(12-5-7-22(2,26)8-6-12)17-18(24)15(23)10-16(30)19(17)25/h10,12-14,20,30H,3-9H2,1-2H3,(H,27,29)(H,28,31)/t12?,13-,14?,20+,22?/m1/s1. The number of phenols is 1. The zero-order chi connectivity index (χ0) is 22.9. The van der Waals surface area contributed by atoms with Gasteiger partial charge in [-0.3, -0.25) is 9.59 Å². The molecule has 0 spiro atoms. The maximum atomic E-state index is 14.9. The molecule has 2 amide bonds. The van der Waals surface area contributed by atoms with Crippen molar-refractivity contribution in [3.63, 3.8) is 0 Å². The number of aromatic hydroxyl groups is 1. The van der Waals surface area contributed by atoms with E-state index in [1.807, 2.05) is 0 Å². The van der Waals surface area contributed by atoms with Crippen LogP contribution in [-0.4, -0.2) is 28.6 Å². The Hall–Kier alpha value is -1.96. The summed E-state index contributed by atoms with van der Waals surface area (Å²) in [5, 5.41) is 15.0. The summed E-state index contributed by atoms with van der Waals surface area (Å²) in [6.45, 7) is 2.90. The van der Waals surface area contributed by atoms with Gasteiger partial charge in [-0.15, -0.1) is 0 Å². The van der Waals surface area contributed by atoms with Crippen LogP contribution in [0.4, 0.5) is 13.2 Å². The van der Waals surface area contributed by atoms with Crippen LogP contribution in [-0.2, 0) is 9.59 Å². The molecule has 9 heteroatoms. The van der Waals surface area contributed by atoms with Crippen LogP contribution in [0, 0.1) is 23.5 Å². The van der Waals surface area contributed by atoms with E-state index in [0.717, 1.165) is 6.07 Å². The van der Waals surface area contributed by atoms with Crippen LogP contribution in [0.1, 0.15) is 70.4 Å². The highest BCUT2D eigenvalue weighted by molar-refractivity contribution is 6.31. The maximum Gasteiger partial charge on any atom is 0.223 e. The minimum Gasteiger partial charge on any atom is -0.505 e. The van der Waals surface area contributed by atoms with Crippen molar-refractivity contribution in [3.8, 4) is 5.75 Å². The molecular weight excluding hydrogens is 433 g/mol. The van der Waals surface area contributed by atoms with E-state index in [1.165, 1.54) is 13.8 Å². The monoisotopic (exact) mass is 460 g/mol. The third-order valence-electron chi connectivity index (χ3n) is 6.53. The van der Waals surface area contributed by atoms with Crippen molar-refractivity contribution in [1.82, 2.24) is 10.6 Å². The van der Waals surface area contributed by atoms with E-state index >= 15 is 0 Å². The van der Waals surface area contributed by atoms with Crippen molar-refractivity contribution in [2.24, 2.45) is 11.8 Å². The zero-order valence-corrected chi connectivity index (χ0v) is 18.4. The number of hydrogen-bond donors (Lipinski definition) is 3. The lowest BCUT2D eigenvalue weighted by Crippen LogP contribution is -2.41. The summed E-state index contributed by atoms with van der Waals surface area (Å²) in [4.78, 5) is 24.3. The summed E-state index contributed by atoms with van der Waals surface area (Å²) in [7, 11) is 0. The largest absolute Gasteiger partial charge is 0.505 e. The molecule has 1 aromatic rings. The molecule has 2 saturated carbocycles. The van der Waals surface area contributed by atoms with Crippen LogP contribution in [0.25, 0.3) is 0 Å². The van der Waals surface area contributed by atoms with Gasteiger partial charge in [0.05, 0.1) is 16.6 Å². The van der Waals surface area contributed by atoms with Gasteiger partial charge in [0.15, 0.2) is 11.6 Å². The molecule has 1 unspecified atom stereocenters. The lowest BCUT2D eigenvalue weighted by atomic mass is 9.75. The molecule has 1 aromatic carbocycles. The van der Waals surface area contributed by atoms with Gasteiger partial charge in [0.1, 0.15) is 11.5 Å². The molecular formula is C22H28ClF3N2O3. The van der Waals surface area contributed by atoms with E-state index in [9.17, 15) is 27.9 Å². The Labute approximate surface area is 184 Å². The van der Waals surface area contributed by atoms with Gasteiger partial charge >= 0.3 is 0 Å². The normalized spacial score (nSPS) is 29.4. The van der Waals surface area contributed by atoms with Crippen molar-refractivity contribution in [1.29, 1.82) is 0 Å². The van der Waals surface area contributed by atoms with Crippen LogP contribution >= 0.6 is 11.6 Å². The van der Waals surface area contributed by atoms with Crippen LogP contribution < -0.4 is 10.6 Å². The average molecular weight is 461 g/mol. The Bertz CT molecular complexity index is 829. The van der Waals surface area contributed by atoms with Crippen molar-refractivity contribution in [2.75, 3.05) is 0 Å². The number of carbonyl (C=O) groups excluding carboxylic acids is 2. The molecule has 0 bridgehead atoms. The quantitative estimate of drug-likeness (QED) is 0.557. The molecule has 5 nitrogen and oxygen atoms in total. The minimum absolute atomic E-state index is 0.127. The van der Waals surface area contributed by atoms with Crippen LogP contribution in [0.5, 0.6) is 5.75 Å². The van der Waals surface area contributed by atoms with Gasteiger partial charge in [0, 0.05) is 24.9 Å². The number of alkyl halides is 1. The van der Waals surface area contributed by atoms with Crippen molar-refractivity contribution >= 4 is 23.4 Å². The number of phenolic OH excluding ortho intramolecular Hbond substituents is 1. The molecule has 3 atom stereocenters. The van der Waals surface area contributed by atoms with E-state index < -0.39 is 51.5 Å². The van der Waals surface area contributed by atoms with Gasteiger partial charge in [0.2, 0.25) is 11.8 Å². The zero-order valence-electron chi connectivity index (χ0n) is 17.6. The molecule has 0 radical (unpaired) electrons. The summed E-state index contributed by atoms with van der Waals surface area (Å²) in [5.41, 5.74) is -1.86. The summed E-state index contributed by atoms with van der Waals surface area (Å²) in [5.74, 6) is -4.43. The number of carbonyl (C=O) groups is 2. The van der Waals surface area contributed by atoms with Gasteiger partial charge in [-0.25, -0.2) is 13.2 Å². The van der Waals surface area contributed by atoms with E-state index in [0.29, 0.717) is 32.1 Å². The van der Waals surface area contributed by atoms with Gasteiger partial charge in [-0.05, 0) is 57.8 Å². The predicted octanol–water partition coefficient (Wildman–Crippen LogP) is 4.70. The fourth-order valence-electron chi connectivity index (χ4n) is 4.79. The van der Waals surface area contributed by atoms with Gasteiger partial charge < -0.3 is 15.7 Å². The Kier molecular flexibility index (Phi) is 7.08. The number of rotatable bonds is 5. The maximum absolute atomic E-state index is 14.9. The molecule has 0 aromatic heterocycles. The number of nitrogens with one attached hydrogen (secondary N) is 2. The highest BCUT2D eigenvalue weighted by Crippen LogP contribution is 2.44. The van der Waals surface area contributed by atoms with Crippen LogP contribution in [0.2, 0.25) is 5.02 Å². The number of amides is 2. The molecule has 172 valence electrons. The molecule has 0 saturated heterocycles. The third-order valence-corrected chi connectivity index (χ3v) is 6.81. The molecule has 31 heavy (non-hydrogen) atoms. The third kappa shape index (κ3) is 5.45. The lowest BCUT2D eigenvalue weighted by molar-refractivity contribution is -0.126. The highest BCUT2D eigenvalue weighted by Gasteiger charge is 2.40. The SMILES string of the molecule is CC(=O)NC1CC[C@@H](C(=O)N[C@H](c2c(F)c(O)cc(Cl)c2F)C2CCC(C)(F)CC2)C1. The lowest BCUT2D eigenvalue weighted by Gasteiger charge is -2.37. The molecule has 3 N–H and O–H groups in total. The van der Waals surface area contributed by atoms with Crippen molar-refractivity contribution in [3.05, 3.63) is 28.3 Å².